The number of hydrogen-bond donors (Lipinski definition) is 2. The average Bonchev–Trinajstić information content (AvgIpc) is 3.30. The van der Waals surface area contributed by atoms with E-state index in [1.165, 1.54) is 0 Å². The van der Waals surface area contributed by atoms with Crippen molar-refractivity contribution in [2.24, 2.45) is 5.92 Å². The van der Waals surface area contributed by atoms with Crippen LogP contribution in [-0.2, 0) is 14.3 Å². The third-order valence-electron chi connectivity index (χ3n) is 6.36. The summed E-state index contributed by atoms with van der Waals surface area (Å²) in [5.74, 6) is -0.380. The van der Waals surface area contributed by atoms with Gasteiger partial charge in [-0.1, -0.05) is 19.1 Å². The van der Waals surface area contributed by atoms with Gasteiger partial charge < -0.3 is 25.0 Å². The number of rotatable bonds is 10. The molecule has 2 aliphatic heterocycles. The number of carbonyl (C=O) groups excluding carboxylic acids is 3. The highest BCUT2D eigenvalue weighted by Crippen LogP contribution is 2.28. The normalized spacial score (nSPS) is 18.2. The molecule has 1 atom stereocenters. The Morgan fingerprint density at radius 3 is 2.58 bits per heavy atom. The van der Waals surface area contributed by atoms with Gasteiger partial charge in [0.05, 0.1) is 37.0 Å². The molecule has 0 unspecified atom stereocenters. The van der Waals surface area contributed by atoms with Crippen molar-refractivity contribution in [3.8, 4) is 5.75 Å². The van der Waals surface area contributed by atoms with E-state index in [9.17, 15) is 14.4 Å². The van der Waals surface area contributed by atoms with Crippen molar-refractivity contribution in [2.45, 2.75) is 19.8 Å². The van der Waals surface area contributed by atoms with E-state index in [4.69, 9.17) is 9.47 Å². The molecule has 0 saturated carbocycles. The van der Waals surface area contributed by atoms with Crippen LogP contribution in [0.15, 0.2) is 48.5 Å². The summed E-state index contributed by atoms with van der Waals surface area (Å²) in [6.45, 7) is 7.36. The summed E-state index contributed by atoms with van der Waals surface area (Å²) < 4.78 is 11.0. The van der Waals surface area contributed by atoms with Crippen molar-refractivity contribution < 1.29 is 23.9 Å². The van der Waals surface area contributed by atoms with Crippen molar-refractivity contribution in [3.63, 3.8) is 0 Å². The molecule has 9 nitrogen and oxygen atoms in total. The number of para-hydroxylation sites is 1. The fraction of sp³-hybridized carbons (Fsp3) is 0.444. The predicted octanol–water partition coefficient (Wildman–Crippen LogP) is 2.53. The first-order chi connectivity index (χ1) is 17.5. The van der Waals surface area contributed by atoms with Crippen molar-refractivity contribution in [1.82, 2.24) is 10.2 Å². The largest absolute Gasteiger partial charge is 0.494 e. The first kappa shape index (κ1) is 25.7. The van der Waals surface area contributed by atoms with Crippen LogP contribution < -0.4 is 20.3 Å². The minimum atomic E-state index is -0.508. The van der Waals surface area contributed by atoms with Crippen LogP contribution in [0.25, 0.3) is 0 Å². The van der Waals surface area contributed by atoms with Gasteiger partial charge in [-0.25, -0.2) is 0 Å². The van der Waals surface area contributed by atoms with Gasteiger partial charge in [-0.2, -0.15) is 0 Å². The Hall–Kier alpha value is -3.43. The van der Waals surface area contributed by atoms with Crippen molar-refractivity contribution >= 4 is 29.1 Å². The zero-order valence-corrected chi connectivity index (χ0v) is 20.7. The van der Waals surface area contributed by atoms with Crippen molar-refractivity contribution in [3.05, 3.63) is 54.1 Å². The van der Waals surface area contributed by atoms with Crippen LogP contribution in [0.3, 0.4) is 0 Å². The summed E-state index contributed by atoms with van der Waals surface area (Å²) in [6.07, 6.45) is 1.04. The Morgan fingerprint density at radius 2 is 1.83 bits per heavy atom. The molecule has 2 N–H and O–H groups in total. The summed E-state index contributed by atoms with van der Waals surface area (Å²) in [4.78, 5) is 42.4. The maximum Gasteiger partial charge on any atom is 0.253 e. The van der Waals surface area contributed by atoms with E-state index in [1.807, 2.05) is 31.2 Å². The summed E-state index contributed by atoms with van der Waals surface area (Å²) >= 11 is 0. The van der Waals surface area contributed by atoms with E-state index in [1.54, 1.807) is 29.2 Å². The lowest BCUT2D eigenvalue weighted by Gasteiger charge is -2.26. The Labute approximate surface area is 211 Å². The SMILES string of the molecule is CCCOc1ccc(N2C[C@H](C(=O)Nc3ccccc3C(=O)NCCN3CCOCC3)CC2=O)cc1. The van der Waals surface area contributed by atoms with Crippen molar-refractivity contribution in [2.75, 3.05) is 62.8 Å². The van der Waals surface area contributed by atoms with Crippen molar-refractivity contribution in [1.29, 1.82) is 0 Å². The molecule has 2 aromatic rings. The smallest absolute Gasteiger partial charge is 0.253 e. The molecule has 2 heterocycles. The fourth-order valence-electron chi connectivity index (χ4n) is 4.35. The topological polar surface area (TPSA) is 100 Å². The molecule has 192 valence electrons. The lowest BCUT2D eigenvalue weighted by atomic mass is 10.1. The molecule has 0 aromatic heterocycles. The Balaban J connectivity index is 1.33. The van der Waals surface area contributed by atoms with E-state index in [0.717, 1.165) is 37.5 Å². The number of nitrogens with zero attached hydrogens (tertiary/aromatic N) is 2. The number of benzene rings is 2. The second-order valence-corrected chi connectivity index (χ2v) is 8.99. The number of morpholine rings is 1. The van der Waals surface area contributed by atoms with Gasteiger partial charge in [-0.15, -0.1) is 0 Å². The molecule has 9 heteroatoms. The van der Waals surface area contributed by atoms with Gasteiger partial charge in [0.15, 0.2) is 0 Å². The third kappa shape index (κ3) is 6.61. The quantitative estimate of drug-likeness (QED) is 0.527. The molecular weight excluding hydrogens is 460 g/mol. The highest BCUT2D eigenvalue weighted by molar-refractivity contribution is 6.07. The zero-order valence-electron chi connectivity index (χ0n) is 20.7. The Bertz CT molecular complexity index is 1050. The van der Waals surface area contributed by atoms with E-state index < -0.39 is 5.92 Å². The number of anilines is 2. The molecule has 2 aliphatic rings. The monoisotopic (exact) mass is 494 g/mol. The van der Waals surface area contributed by atoms with Crippen LogP contribution in [0.5, 0.6) is 5.75 Å². The van der Waals surface area contributed by atoms with Crippen LogP contribution >= 0.6 is 0 Å². The molecule has 2 fully saturated rings. The molecule has 2 aromatic carbocycles. The summed E-state index contributed by atoms with van der Waals surface area (Å²) in [5, 5.41) is 5.81. The third-order valence-corrected chi connectivity index (χ3v) is 6.36. The fourth-order valence-corrected chi connectivity index (χ4v) is 4.35. The van der Waals surface area contributed by atoms with E-state index >= 15 is 0 Å². The molecule has 0 radical (unpaired) electrons. The van der Waals surface area contributed by atoms with E-state index in [2.05, 4.69) is 15.5 Å². The number of hydrogen-bond acceptors (Lipinski definition) is 6. The van der Waals surface area contributed by atoms with Gasteiger partial charge in [0, 0.05) is 44.8 Å². The molecule has 3 amide bonds. The van der Waals surface area contributed by atoms with Crippen LogP contribution in [0.1, 0.15) is 30.1 Å². The molecule has 0 aliphatic carbocycles. The number of ether oxygens (including phenoxy) is 2. The lowest BCUT2D eigenvalue weighted by molar-refractivity contribution is -0.122. The Kier molecular flexibility index (Phi) is 8.91. The van der Waals surface area contributed by atoms with Crippen LogP contribution in [0, 0.1) is 5.92 Å². The van der Waals surface area contributed by atoms with Gasteiger partial charge in [0.2, 0.25) is 11.8 Å². The maximum absolute atomic E-state index is 13.0. The van der Waals surface area contributed by atoms with Gasteiger partial charge in [0.1, 0.15) is 5.75 Å². The molecule has 0 spiro atoms. The van der Waals surface area contributed by atoms with Crippen LogP contribution in [0.4, 0.5) is 11.4 Å². The highest BCUT2D eigenvalue weighted by atomic mass is 16.5. The second kappa shape index (κ2) is 12.5. The average molecular weight is 495 g/mol. The minimum absolute atomic E-state index is 0.105. The predicted molar refractivity (Wildman–Crippen MR) is 137 cm³/mol. The maximum atomic E-state index is 13.0. The molecule has 4 rings (SSSR count). The van der Waals surface area contributed by atoms with Crippen LogP contribution in [0.2, 0.25) is 0 Å². The first-order valence-corrected chi connectivity index (χ1v) is 12.6. The minimum Gasteiger partial charge on any atom is -0.494 e. The van der Waals surface area contributed by atoms with Gasteiger partial charge in [-0.05, 0) is 42.8 Å². The second-order valence-electron chi connectivity index (χ2n) is 8.99. The molecule has 36 heavy (non-hydrogen) atoms. The summed E-state index contributed by atoms with van der Waals surface area (Å²) in [7, 11) is 0. The molecular formula is C27H34N4O5. The highest BCUT2D eigenvalue weighted by Gasteiger charge is 2.35. The van der Waals surface area contributed by atoms with Gasteiger partial charge in [-0.3, -0.25) is 19.3 Å². The van der Waals surface area contributed by atoms with Gasteiger partial charge in [0.25, 0.3) is 5.91 Å². The van der Waals surface area contributed by atoms with E-state index in [0.29, 0.717) is 37.6 Å². The number of amides is 3. The van der Waals surface area contributed by atoms with Crippen LogP contribution in [-0.4, -0.2) is 75.2 Å². The molecule has 2 saturated heterocycles. The summed E-state index contributed by atoms with van der Waals surface area (Å²) in [5.41, 5.74) is 1.57. The number of nitrogens with one attached hydrogen (secondary N) is 2. The summed E-state index contributed by atoms with van der Waals surface area (Å²) in [6, 6.07) is 14.3. The first-order valence-electron chi connectivity index (χ1n) is 12.6. The standard InChI is InChI=1S/C27H34N4O5/c1-2-15-36-22-9-7-21(8-10-22)31-19-20(18-25(31)32)26(33)29-24-6-4-3-5-23(24)27(34)28-11-12-30-13-16-35-17-14-30/h3-10,20H,2,11-19H2,1H3,(H,28,34)(H,29,33)/t20-/m1/s1. The van der Waals surface area contributed by atoms with E-state index in [-0.39, 0.29) is 30.7 Å². The Morgan fingerprint density at radius 1 is 1.08 bits per heavy atom. The lowest BCUT2D eigenvalue weighted by Crippen LogP contribution is -2.41. The zero-order chi connectivity index (χ0) is 25.3. The number of carbonyl (C=O) groups is 3. The molecule has 0 bridgehead atoms. The van der Waals surface area contributed by atoms with Gasteiger partial charge >= 0.3 is 0 Å².